The second-order valence-corrected chi connectivity index (χ2v) is 6.53. The molecule has 1 nitrogen and oxygen atoms in total. The molecule has 0 aromatic heterocycles. The first-order valence-electron chi connectivity index (χ1n) is 8.29. The Hall–Kier alpha value is -1.76. The lowest BCUT2D eigenvalue weighted by Gasteiger charge is -2.37. The summed E-state index contributed by atoms with van der Waals surface area (Å²) in [5, 5.41) is 0. The molecular weight excluding hydrogens is 254 g/mol. The summed E-state index contributed by atoms with van der Waals surface area (Å²) in [7, 11) is 0. The average Bonchev–Trinajstić information content (AvgIpc) is 3.00. The van der Waals surface area contributed by atoms with Gasteiger partial charge in [-0.2, -0.15) is 0 Å². The van der Waals surface area contributed by atoms with E-state index in [1.165, 1.54) is 44.5 Å². The fraction of sp³-hybridized carbons (Fsp3) is 0.400. The number of nitrogens with zero attached hydrogens (tertiary/aromatic N) is 1. The molecular formula is C20H23N. The highest BCUT2D eigenvalue weighted by Gasteiger charge is 2.32. The van der Waals surface area contributed by atoms with Crippen LogP contribution in [0.4, 0.5) is 5.69 Å². The SMILES string of the molecule is c1ccc(N2CCCC(C3CCc4ccccc43)C2)cc1. The summed E-state index contributed by atoms with van der Waals surface area (Å²) in [6.07, 6.45) is 5.36. The van der Waals surface area contributed by atoms with Crippen molar-refractivity contribution < 1.29 is 0 Å². The highest BCUT2D eigenvalue weighted by molar-refractivity contribution is 5.47. The first-order chi connectivity index (χ1) is 10.4. The summed E-state index contributed by atoms with van der Waals surface area (Å²) in [4.78, 5) is 2.59. The molecule has 2 aromatic rings. The van der Waals surface area contributed by atoms with E-state index in [0.29, 0.717) is 0 Å². The van der Waals surface area contributed by atoms with Crippen LogP contribution >= 0.6 is 0 Å². The Kier molecular flexibility index (Phi) is 3.42. The molecule has 0 spiro atoms. The molecule has 1 fully saturated rings. The van der Waals surface area contributed by atoms with Crippen molar-refractivity contribution in [3.05, 3.63) is 65.7 Å². The number of fused-ring (bicyclic) bond motifs is 1. The molecule has 1 heterocycles. The molecule has 0 radical (unpaired) electrons. The number of hydrogen-bond donors (Lipinski definition) is 0. The molecule has 1 heteroatoms. The van der Waals surface area contributed by atoms with Crippen LogP contribution in [0, 0.1) is 5.92 Å². The van der Waals surface area contributed by atoms with Gasteiger partial charge in [0.25, 0.3) is 0 Å². The van der Waals surface area contributed by atoms with Crippen LogP contribution in [0.15, 0.2) is 54.6 Å². The van der Waals surface area contributed by atoms with E-state index in [2.05, 4.69) is 59.5 Å². The summed E-state index contributed by atoms with van der Waals surface area (Å²) in [5.74, 6) is 1.61. The molecule has 0 N–H and O–H groups in total. The summed E-state index contributed by atoms with van der Waals surface area (Å²) in [6.45, 7) is 2.44. The zero-order valence-corrected chi connectivity index (χ0v) is 12.5. The van der Waals surface area contributed by atoms with Crippen molar-refractivity contribution in [3.8, 4) is 0 Å². The minimum atomic E-state index is 0.785. The minimum absolute atomic E-state index is 0.785. The van der Waals surface area contributed by atoms with E-state index in [1.807, 2.05) is 0 Å². The summed E-state index contributed by atoms with van der Waals surface area (Å²) >= 11 is 0. The van der Waals surface area contributed by atoms with Gasteiger partial charge < -0.3 is 4.90 Å². The van der Waals surface area contributed by atoms with Gasteiger partial charge in [0.1, 0.15) is 0 Å². The third kappa shape index (κ3) is 2.46. The lowest BCUT2D eigenvalue weighted by atomic mass is 9.82. The molecule has 1 aliphatic heterocycles. The quantitative estimate of drug-likeness (QED) is 0.773. The van der Waals surface area contributed by atoms with Crippen molar-refractivity contribution in [1.29, 1.82) is 0 Å². The van der Waals surface area contributed by atoms with Crippen LogP contribution in [-0.4, -0.2) is 13.1 Å². The smallest absolute Gasteiger partial charge is 0.0366 e. The number of aryl methyl sites for hydroxylation is 1. The number of para-hydroxylation sites is 1. The van der Waals surface area contributed by atoms with Crippen molar-refractivity contribution in [3.63, 3.8) is 0 Å². The van der Waals surface area contributed by atoms with E-state index in [0.717, 1.165) is 11.8 Å². The molecule has 0 bridgehead atoms. The van der Waals surface area contributed by atoms with Crippen LogP contribution in [0.2, 0.25) is 0 Å². The first kappa shape index (κ1) is 12.9. The molecule has 2 aromatic carbocycles. The average molecular weight is 277 g/mol. The number of anilines is 1. The van der Waals surface area contributed by atoms with Crippen molar-refractivity contribution in [2.45, 2.75) is 31.6 Å². The largest absolute Gasteiger partial charge is 0.371 e. The van der Waals surface area contributed by atoms with Crippen LogP contribution in [0.3, 0.4) is 0 Å². The highest BCUT2D eigenvalue weighted by Crippen LogP contribution is 2.42. The van der Waals surface area contributed by atoms with Gasteiger partial charge in [0.2, 0.25) is 0 Å². The maximum Gasteiger partial charge on any atom is 0.0366 e. The second kappa shape index (κ2) is 5.55. The lowest BCUT2D eigenvalue weighted by Crippen LogP contribution is -2.37. The van der Waals surface area contributed by atoms with Gasteiger partial charge in [-0.05, 0) is 60.8 Å². The molecule has 1 saturated heterocycles. The Morgan fingerprint density at radius 2 is 1.67 bits per heavy atom. The van der Waals surface area contributed by atoms with Gasteiger partial charge in [-0.1, -0.05) is 42.5 Å². The molecule has 0 saturated carbocycles. The van der Waals surface area contributed by atoms with Crippen LogP contribution in [0.25, 0.3) is 0 Å². The van der Waals surface area contributed by atoms with Crippen LogP contribution in [-0.2, 0) is 6.42 Å². The summed E-state index contributed by atoms with van der Waals surface area (Å²) < 4.78 is 0. The van der Waals surface area contributed by atoms with E-state index in [4.69, 9.17) is 0 Å². The topological polar surface area (TPSA) is 3.24 Å². The standard InChI is InChI=1S/C20H23N/c1-2-9-18(10-3-1)21-14-6-8-17(15-21)20-13-12-16-7-4-5-11-19(16)20/h1-5,7,9-11,17,20H,6,8,12-15H2. The molecule has 21 heavy (non-hydrogen) atoms. The summed E-state index contributed by atoms with van der Waals surface area (Å²) in [6, 6.07) is 20.0. The molecule has 0 amide bonds. The van der Waals surface area contributed by atoms with E-state index >= 15 is 0 Å². The summed E-state index contributed by atoms with van der Waals surface area (Å²) in [5.41, 5.74) is 4.63. The Morgan fingerprint density at radius 3 is 2.57 bits per heavy atom. The van der Waals surface area contributed by atoms with Crippen LogP contribution in [0.5, 0.6) is 0 Å². The zero-order valence-electron chi connectivity index (χ0n) is 12.5. The van der Waals surface area contributed by atoms with Gasteiger partial charge in [0, 0.05) is 18.8 Å². The van der Waals surface area contributed by atoms with Crippen LogP contribution < -0.4 is 4.90 Å². The van der Waals surface area contributed by atoms with Crippen molar-refractivity contribution in [2.24, 2.45) is 5.92 Å². The third-order valence-electron chi connectivity index (χ3n) is 5.33. The molecule has 108 valence electrons. The fourth-order valence-electron chi connectivity index (χ4n) is 4.29. The Labute approximate surface area is 127 Å². The molecule has 4 rings (SSSR count). The van der Waals surface area contributed by atoms with Crippen molar-refractivity contribution >= 4 is 5.69 Å². The van der Waals surface area contributed by atoms with E-state index < -0.39 is 0 Å². The monoisotopic (exact) mass is 277 g/mol. The van der Waals surface area contributed by atoms with Crippen LogP contribution in [0.1, 0.15) is 36.3 Å². The number of benzene rings is 2. The van der Waals surface area contributed by atoms with E-state index in [-0.39, 0.29) is 0 Å². The number of piperidine rings is 1. The second-order valence-electron chi connectivity index (χ2n) is 6.53. The van der Waals surface area contributed by atoms with Crippen molar-refractivity contribution in [1.82, 2.24) is 0 Å². The number of hydrogen-bond acceptors (Lipinski definition) is 1. The lowest BCUT2D eigenvalue weighted by molar-refractivity contribution is 0.348. The predicted molar refractivity (Wildman–Crippen MR) is 88.9 cm³/mol. The molecule has 2 unspecified atom stereocenters. The van der Waals surface area contributed by atoms with E-state index in [1.54, 1.807) is 11.1 Å². The Morgan fingerprint density at radius 1 is 0.857 bits per heavy atom. The third-order valence-corrected chi connectivity index (χ3v) is 5.33. The maximum absolute atomic E-state index is 2.59. The van der Waals surface area contributed by atoms with Gasteiger partial charge in [-0.3, -0.25) is 0 Å². The van der Waals surface area contributed by atoms with E-state index in [9.17, 15) is 0 Å². The van der Waals surface area contributed by atoms with Gasteiger partial charge >= 0.3 is 0 Å². The Balaban J connectivity index is 1.54. The van der Waals surface area contributed by atoms with Gasteiger partial charge in [0.05, 0.1) is 0 Å². The normalized spacial score (nSPS) is 24.9. The Bertz CT molecular complexity index is 604. The highest BCUT2D eigenvalue weighted by atomic mass is 15.1. The van der Waals surface area contributed by atoms with Crippen molar-refractivity contribution in [2.75, 3.05) is 18.0 Å². The zero-order chi connectivity index (χ0) is 14.1. The maximum atomic E-state index is 2.59. The molecule has 1 aliphatic carbocycles. The van der Waals surface area contributed by atoms with Gasteiger partial charge in [-0.25, -0.2) is 0 Å². The first-order valence-corrected chi connectivity index (χ1v) is 8.29. The molecule has 2 atom stereocenters. The predicted octanol–water partition coefficient (Wildman–Crippen LogP) is 4.63. The molecule has 2 aliphatic rings. The minimum Gasteiger partial charge on any atom is -0.371 e. The fourth-order valence-corrected chi connectivity index (χ4v) is 4.29. The van der Waals surface area contributed by atoms with Gasteiger partial charge in [-0.15, -0.1) is 0 Å². The number of rotatable bonds is 2. The van der Waals surface area contributed by atoms with Gasteiger partial charge in [0.15, 0.2) is 0 Å².